The van der Waals surface area contributed by atoms with Gasteiger partial charge >= 0.3 is 5.97 Å². The fourth-order valence-corrected chi connectivity index (χ4v) is 2.31. The van der Waals surface area contributed by atoms with Gasteiger partial charge in [-0.25, -0.2) is 9.18 Å². The highest BCUT2D eigenvalue weighted by molar-refractivity contribution is 5.95. The molecule has 1 aromatic rings. The van der Waals surface area contributed by atoms with E-state index in [9.17, 15) is 14.0 Å². The van der Waals surface area contributed by atoms with Crippen LogP contribution in [-0.2, 0) is 4.79 Å². The zero-order valence-corrected chi connectivity index (χ0v) is 11.6. The number of aliphatic carboxylic acids is 1. The molecule has 0 aliphatic carbocycles. The van der Waals surface area contributed by atoms with Crippen LogP contribution in [-0.4, -0.2) is 40.6 Å². The molecule has 1 atom stereocenters. The number of carboxylic acids is 1. The van der Waals surface area contributed by atoms with E-state index in [0.717, 1.165) is 5.56 Å². The normalized spacial score (nSPS) is 22.3. The number of halogens is 1. The van der Waals surface area contributed by atoms with Gasteiger partial charge in [0, 0.05) is 18.5 Å². The molecule has 0 aromatic heterocycles. The molecular formula is C15H18FNO3. The van der Waals surface area contributed by atoms with Crippen molar-refractivity contribution in [1.29, 1.82) is 0 Å². The molecule has 0 radical (unpaired) electrons. The number of alkyl halides is 1. The van der Waals surface area contributed by atoms with Gasteiger partial charge in [-0.2, -0.15) is 0 Å². The van der Waals surface area contributed by atoms with Crippen LogP contribution in [0, 0.1) is 0 Å². The van der Waals surface area contributed by atoms with E-state index >= 15 is 0 Å². The Labute approximate surface area is 117 Å². The average Bonchev–Trinajstić information content (AvgIpc) is 2.82. The van der Waals surface area contributed by atoms with E-state index in [0.29, 0.717) is 11.5 Å². The van der Waals surface area contributed by atoms with Crippen molar-refractivity contribution >= 4 is 11.9 Å². The van der Waals surface area contributed by atoms with Crippen LogP contribution in [0.1, 0.15) is 42.1 Å². The maximum atomic E-state index is 13.9. The van der Waals surface area contributed by atoms with Crippen LogP contribution in [0.15, 0.2) is 24.3 Å². The number of hydrogen-bond donors (Lipinski definition) is 1. The summed E-state index contributed by atoms with van der Waals surface area (Å²) in [4.78, 5) is 24.3. The monoisotopic (exact) mass is 279 g/mol. The quantitative estimate of drug-likeness (QED) is 0.924. The average molecular weight is 279 g/mol. The van der Waals surface area contributed by atoms with Crippen LogP contribution in [0.25, 0.3) is 0 Å². The Morgan fingerprint density at radius 2 is 1.90 bits per heavy atom. The van der Waals surface area contributed by atoms with Crippen LogP contribution in [0.2, 0.25) is 0 Å². The van der Waals surface area contributed by atoms with Crippen molar-refractivity contribution in [3.63, 3.8) is 0 Å². The molecule has 1 aromatic carbocycles. The van der Waals surface area contributed by atoms with E-state index in [2.05, 4.69) is 13.8 Å². The van der Waals surface area contributed by atoms with E-state index in [1.165, 1.54) is 4.90 Å². The van der Waals surface area contributed by atoms with Crippen molar-refractivity contribution in [3.8, 4) is 0 Å². The molecule has 0 bridgehead atoms. The third-order valence-electron chi connectivity index (χ3n) is 3.71. The number of benzene rings is 1. The molecule has 4 nitrogen and oxygen atoms in total. The number of rotatable bonds is 3. The van der Waals surface area contributed by atoms with Crippen LogP contribution in [0.3, 0.4) is 0 Å². The second-order valence-electron chi connectivity index (χ2n) is 5.52. The van der Waals surface area contributed by atoms with Crippen LogP contribution in [0.5, 0.6) is 0 Å². The molecule has 0 spiro atoms. The van der Waals surface area contributed by atoms with Gasteiger partial charge in [0.15, 0.2) is 0 Å². The Bertz CT molecular complexity index is 526. The summed E-state index contributed by atoms with van der Waals surface area (Å²) < 4.78 is 13.9. The summed E-state index contributed by atoms with van der Waals surface area (Å²) in [5.41, 5.74) is -0.731. The lowest BCUT2D eigenvalue weighted by Crippen LogP contribution is -2.38. The lowest BCUT2D eigenvalue weighted by molar-refractivity contribution is -0.149. The van der Waals surface area contributed by atoms with Gasteiger partial charge in [-0.15, -0.1) is 0 Å². The second kappa shape index (κ2) is 5.23. The molecule has 1 N–H and O–H groups in total. The predicted molar refractivity (Wildman–Crippen MR) is 72.5 cm³/mol. The number of amides is 1. The van der Waals surface area contributed by atoms with Crippen molar-refractivity contribution in [3.05, 3.63) is 35.4 Å². The molecule has 1 unspecified atom stereocenters. The molecule has 1 heterocycles. The van der Waals surface area contributed by atoms with Gasteiger partial charge < -0.3 is 10.0 Å². The molecule has 1 saturated heterocycles. The number of nitrogens with zero attached hydrogens (tertiary/aromatic N) is 1. The fraction of sp³-hybridized carbons (Fsp3) is 0.467. The summed E-state index contributed by atoms with van der Waals surface area (Å²) in [5.74, 6) is -1.44. The highest BCUT2D eigenvalue weighted by Crippen LogP contribution is 2.27. The fourth-order valence-electron chi connectivity index (χ4n) is 2.31. The third kappa shape index (κ3) is 2.66. The minimum absolute atomic E-state index is 0.133. The van der Waals surface area contributed by atoms with Crippen molar-refractivity contribution in [1.82, 2.24) is 4.90 Å². The minimum atomic E-state index is -2.31. The van der Waals surface area contributed by atoms with Gasteiger partial charge in [-0.05, 0) is 23.6 Å². The molecule has 1 fully saturated rings. The van der Waals surface area contributed by atoms with E-state index in [1.54, 1.807) is 12.1 Å². The second-order valence-corrected chi connectivity index (χ2v) is 5.52. The smallest absolute Gasteiger partial charge is 0.343 e. The van der Waals surface area contributed by atoms with Gasteiger partial charge in [0.2, 0.25) is 5.67 Å². The zero-order chi connectivity index (χ0) is 14.9. The highest BCUT2D eigenvalue weighted by Gasteiger charge is 2.46. The summed E-state index contributed by atoms with van der Waals surface area (Å²) in [6.07, 6.45) is -0.155. The predicted octanol–water partition coefficient (Wildman–Crippen LogP) is 2.45. The Balaban J connectivity index is 2.11. The van der Waals surface area contributed by atoms with Crippen LogP contribution >= 0.6 is 0 Å². The number of hydrogen-bond acceptors (Lipinski definition) is 2. The van der Waals surface area contributed by atoms with E-state index in [4.69, 9.17) is 5.11 Å². The first-order valence-electron chi connectivity index (χ1n) is 6.65. The highest BCUT2D eigenvalue weighted by atomic mass is 19.1. The number of carboxylic acid groups (broad SMARTS) is 1. The van der Waals surface area contributed by atoms with Gasteiger partial charge in [-0.1, -0.05) is 26.0 Å². The maximum Gasteiger partial charge on any atom is 0.343 e. The van der Waals surface area contributed by atoms with Crippen molar-refractivity contribution in [2.75, 3.05) is 13.1 Å². The van der Waals surface area contributed by atoms with E-state index in [1.807, 2.05) is 12.1 Å². The molecule has 2 rings (SSSR count). The molecule has 0 saturated carbocycles. The lowest BCUT2D eigenvalue weighted by atomic mass is 10.0. The van der Waals surface area contributed by atoms with Gasteiger partial charge in [0.1, 0.15) is 0 Å². The molecular weight excluding hydrogens is 261 g/mol. The number of carbonyl (C=O) groups is 2. The van der Waals surface area contributed by atoms with Gasteiger partial charge in [-0.3, -0.25) is 4.79 Å². The van der Waals surface area contributed by atoms with E-state index < -0.39 is 11.6 Å². The Hall–Kier alpha value is -1.91. The largest absolute Gasteiger partial charge is 0.479 e. The molecule has 108 valence electrons. The molecule has 20 heavy (non-hydrogen) atoms. The van der Waals surface area contributed by atoms with Crippen molar-refractivity contribution < 1.29 is 19.1 Å². The Morgan fingerprint density at radius 1 is 1.30 bits per heavy atom. The number of carbonyl (C=O) groups excluding carboxylic acids is 1. The van der Waals surface area contributed by atoms with Crippen LogP contribution < -0.4 is 0 Å². The lowest BCUT2D eigenvalue weighted by Gasteiger charge is -2.18. The molecule has 1 aliphatic heterocycles. The number of likely N-dealkylation sites (tertiary alicyclic amines) is 1. The SMILES string of the molecule is CC(C)c1ccc(C(=O)N2CCC(F)(C(=O)O)C2)cc1. The topological polar surface area (TPSA) is 57.6 Å². The van der Waals surface area contributed by atoms with Gasteiger partial charge in [0.05, 0.1) is 6.54 Å². The first kappa shape index (κ1) is 14.5. The molecule has 5 heteroatoms. The molecule has 1 amide bonds. The van der Waals surface area contributed by atoms with Crippen LogP contribution in [0.4, 0.5) is 4.39 Å². The van der Waals surface area contributed by atoms with Crippen molar-refractivity contribution in [2.24, 2.45) is 0 Å². The summed E-state index contributed by atoms with van der Waals surface area (Å²) >= 11 is 0. The van der Waals surface area contributed by atoms with Crippen molar-refractivity contribution in [2.45, 2.75) is 31.9 Å². The summed E-state index contributed by atoms with van der Waals surface area (Å²) in [7, 11) is 0. The third-order valence-corrected chi connectivity index (χ3v) is 3.71. The van der Waals surface area contributed by atoms with E-state index in [-0.39, 0.29) is 25.4 Å². The standard InChI is InChI=1S/C15H18FNO3/c1-10(2)11-3-5-12(6-4-11)13(18)17-8-7-15(16,9-17)14(19)20/h3-6,10H,7-9H2,1-2H3,(H,19,20). The maximum absolute atomic E-state index is 13.9. The first-order valence-corrected chi connectivity index (χ1v) is 6.65. The first-order chi connectivity index (χ1) is 9.33. The summed E-state index contributed by atoms with van der Waals surface area (Å²) in [6.45, 7) is 3.86. The Kier molecular flexibility index (Phi) is 3.79. The summed E-state index contributed by atoms with van der Waals surface area (Å²) in [5, 5.41) is 8.83. The molecule has 1 aliphatic rings. The minimum Gasteiger partial charge on any atom is -0.479 e. The Morgan fingerprint density at radius 3 is 2.35 bits per heavy atom. The zero-order valence-electron chi connectivity index (χ0n) is 11.6. The van der Waals surface area contributed by atoms with Gasteiger partial charge in [0.25, 0.3) is 5.91 Å². The summed E-state index contributed by atoms with van der Waals surface area (Å²) in [6, 6.07) is 7.15.